The zero-order valence-corrected chi connectivity index (χ0v) is 15.2. The second-order valence-electron chi connectivity index (χ2n) is 6.32. The summed E-state index contributed by atoms with van der Waals surface area (Å²) in [5, 5.41) is 2.85. The van der Waals surface area contributed by atoms with Crippen molar-refractivity contribution in [2.75, 3.05) is 23.4 Å². The van der Waals surface area contributed by atoms with Crippen molar-refractivity contribution < 1.29 is 13.2 Å². The van der Waals surface area contributed by atoms with Crippen LogP contribution in [-0.2, 0) is 9.84 Å². The average Bonchev–Trinajstić information content (AvgIpc) is 3.00. The minimum absolute atomic E-state index is 0.0222. The zero-order valence-electron chi connectivity index (χ0n) is 14.4. The Morgan fingerprint density at radius 1 is 1.08 bits per heavy atom. The molecule has 0 bridgehead atoms. The first kappa shape index (κ1) is 18.2. The minimum Gasteiger partial charge on any atom is -0.317 e. The van der Waals surface area contributed by atoms with Gasteiger partial charge in [-0.1, -0.05) is 60.7 Å². The standard InChI is InChI=1S/C20H22N2O3S/c23-20(21-18-11-5-2-6-12-18)22(19-13-15-26(24,25)16-19)14-7-10-17-8-3-1-4-9-17/h1-12,19H,13-16H2,(H,21,23)/b10-7+/t19-/m0/s1. The molecule has 5 nitrogen and oxygen atoms in total. The number of urea groups is 1. The van der Waals surface area contributed by atoms with Gasteiger partial charge < -0.3 is 10.2 Å². The highest BCUT2D eigenvalue weighted by atomic mass is 32.2. The Bertz CT molecular complexity index is 864. The van der Waals surface area contributed by atoms with Gasteiger partial charge in [-0.2, -0.15) is 0 Å². The van der Waals surface area contributed by atoms with Gasteiger partial charge in [0.15, 0.2) is 9.84 Å². The lowest BCUT2D eigenvalue weighted by atomic mass is 10.2. The molecule has 0 radical (unpaired) electrons. The van der Waals surface area contributed by atoms with Crippen LogP contribution in [0.1, 0.15) is 12.0 Å². The Morgan fingerprint density at radius 3 is 2.35 bits per heavy atom. The topological polar surface area (TPSA) is 66.5 Å². The number of anilines is 1. The summed E-state index contributed by atoms with van der Waals surface area (Å²) in [4.78, 5) is 14.3. The molecule has 136 valence electrons. The predicted octanol–water partition coefficient (Wildman–Crippen LogP) is 3.42. The lowest BCUT2D eigenvalue weighted by Crippen LogP contribution is -2.43. The predicted molar refractivity (Wildman–Crippen MR) is 105 cm³/mol. The molecule has 2 aromatic carbocycles. The Morgan fingerprint density at radius 2 is 1.73 bits per heavy atom. The fraction of sp³-hybridized carbons (Fsp3) is 0.250. The zero-order chi connectivity index (χ0) is 18.4. The quantitative estimate of drug-likeness (QED) is 0.877. The van der Waals surface area contributed by atoms with Crippen molar-refractivity contribution in [3.05, 3.63) is 72.3 Å². The molecule has 0 spiro atoms. The molecule has 0 saturated carbocycles. The summed E-state index contributed by atoms with van der Waals surface area (Å²) < 4.78 is 23.7. The van der Waals surface area contributed by atoms with Crippen LogP contribution < -0.4 is 5.32 Å². The third-order valence-electron chi connectivity index (χ3n) is 4.35. The van der Waals surface area contributed by atoms with Crippen LogP contribution in [0.2, 0.25) is 0 Å². The maximum absolute atomic E-state index is 12.7. The highest BCUT2D eigenvalue weighted by molar-refractivity contribution is 7.91. The number of rotatable bonds is 5. The molecule has 1 fully saturated rings. The van der Waals surface area contributed by atoms with Crippen LogP contribution in [0.4, 0.5) is 10.5 Å². The Labute approximate surface area is 154 Å². The number of nitrogens with zero attached hydrogens (tertiary/aromatic N) is 1. The Balaban J connectivity index is 1.73. The summed E-state index contributed by atoms with van der Waals surface area (Å²) >= 11 is 0. The molecule has 1 atom stereocenters. The normalized spacial score (nSPS) is 18.7. The summed E-state index contributed by atoms with van der Waals surface area (Å²) in [5.74, 6) is 0.156. The Kier molecular flexibility index (Phi) is 5.73. The molecule has 26 heavy (non-hydrogen) atoms. The fourth-order valence-electron chi connectivity index (χ4n) is 3.00. The van der Waals surface area contributed by atoms with E-state index in [2.05, 4.69) is 5.32 Å². The third kappa shape index (κ3) is 4.95. The van der Waals surface area contributed by atoms with Gasteiger partial charge in [0, 0.05) is 18.3 Å². The molecule has 1 aliphatic rings. The van der Waals surface area contributed by atoms with Gasteiger partial charge in [-0.25, -0.2) is 13.2 Å². The lowest BCUT2D eigenvalue weighted by Gasteiger charge is -2.27. The first-order valence-corrected chi connectivity index (χ1v) is 10.4. The summed E-state index contributed by atoms with van der Waals surface area (Å²) in [6.07, 6.45) is 4.31. The van der Waals surface area contributed by atoms with E-state index in [1.165, 1.54) is 0 Å². The van der Waals surface area contributed by atoms with Crippen molar-refractivity contribution in [2.45, 2.75) is 12.5 Å². The van der Waals surface area contributed by atoms with Gasteiger partial charge >= 0.3 is 6.03 Å². The van der Waals surface area contributed by atoms with E-state index in [1.807, 2.05) is 60.7 Å². The van der Waals surface area contributed by atoms with Crippen molar-refractivity contribution in [1.29, 1.82) is 0 Å². The number of hydrogen-bond acceptors (Lipinski definition) is 3. The minimum atomic E-state index is -3.07. The monoisotopic (exact) mass is 370 g/mol. The summed E-state index contributed by atoms with van der Waals surface area (Å²) in [5.41, 5.74) is 1.73. The third-order valence-corrected chi connectivity index (χ3v) is 6.10. The molecule has 1 saturated heterocycles. The molecular weight excluding hydrogens is 348 g/mol. The smallest absolute Gasteiger partial charge is 0.317 e. The van der Waals surface area contributed by atoms with Crippen molar-refractivity contribution >= 4 is 27.6 Å². The van der Waals surface area contributed by atoms with Gasteiger partial charge in [0.2, 0.25) is 0 Å². The van der Waals surface area contributed by atoms with E-state index in [0.717, 1.165) is 5.56 Å². The maximum Gasteiger partial charge on any atom is 0.322 e. The van der Waals surface area contributed by atoms with E-state index in [9.17, 15) is 13.2 Å². The number of para-hydroxylation sites is 1. The fourth-order valence-corrected chi connectivity index (χ4v) is 4.73. The lowest BCUT2D eigenvalue weighted by molar-refractivity contribution is 0.201. The molecular formula is C20H22N2O3S. The van der Waals surface area contributed by atoms with E-state index in [1.54, 1.807) is 17.0 Å². The molecule has 1 heterocycles. The molecule has 0 aliphatic carbocycles. The number of sulfone groups is 1. The van der Waals surface area contributed by atoms with Crippen LogP contribution in [0, 0.1) is 0 Å². The number of carbonyl (C=O) groups is 1. The molecule has 1 aliphatic heterocycles. The number of carbonyl (C=O) groups excluding carboxylic acids is 1. The van der Waals surface area contributed by atoms with E-state index in [-0.39, 0.29) is 23.6 Å². The molecule has 0 aromatic heterocycles. The van der Waals surface area contributed by atoms with Crippen LogP contribution in [0.15, 0.2) is 66.7 Å². The van der Waals surface area contributed by atoms with Crippen molar-refractivity contribution in [3.63, 3.8) is 0 Å². The molecule has 2 aromatic rings. The van der Waals surface area contributed by atoms with Crippen LogP contribution >= 0.6 is 0 Å². The van der Waals surface area contributed by atoms with Gasteiger partial charge in [-0.05, 0) is 24.1 Å². The number of hydrogen-bond donors (Lipinski definition) is 1. The highest BCUT2D eigenvalue weighted by Crippen LogP contribution is 2.19. The maximum atomic E-state index is 12.7. The highest BCUT2D eigenvalue weighted by Gasteiger charge is 2.34. The molecule has 3 rings (SSSR count). The molecule has 1 N–H and O–H groups in total. The largest absolute Gasteiger partial charge is 0.322 e. The molecule has 6 heteroatoms. The first-order valence-electron chi connectivity index (χ1n) is 8.58. The summed E-state index contributed by atoms with van der Waals surface area (Å²) in [6.45, 7) is 0.355. The van der Waals surface area contributed by atoms with Gasteiger partial charge in [0.25, 0.3) is 0 Å². The van der Waals surface area contributed by atoms with Crippen molar-refractivity contribution in [2.24, 2.45) is 0 Å². The average molecular weight is 370 g/mol. The van der Waals surface area contributed by atoms with E-state index < -0.39 is 9.84 Å². The Hall–Kier alpha value is -2.60. The van der Waals surface area contributed by atoms with Gasteiger partial charge in [0.05, 0.1) is 11.5 Å². The van der Waals surface area contributed by atoms with E-state index in [4.69, 9.17) is 0 Å². The van der Waals surface area contributed by atoms with E-state index >= 15 is 0 Å². The number of benzene rings is 2. The first-order chi connectivity index (χ1) is 12.5. The second kappa shape index (κ2) is 8.19. The second-order valence-corrected chi connectivity index (χ2v) is 8.55. The van der Waals surface area contributed by atoms with Gasteiger partial charge in [-0.3, -0.25) is 0 Å². The van der Waals surface area contributed by atoms with Crippen LogP contribution in [0.3, 0.4) is 0 Å². The van der Waals surface area contributed by atoms with Crippen molar-refractivity contribution in [1.82, 2.24) is 4.90 Å². The number of nitrogens with one attached hydrogen (secondary N) is 1. The van der Waals surface area contributed by atoms with E-state index in [0.29, 0.717) is 18.7 Å². The number of amides is 2. The molecule has 2 amide bonds. The SMILES string of the molecule is O=C(Nc1ccccc1)N(C/C=C/c1ccccc1)[C@H]1CCS(=O)(=O)C1. The van der Waals surface area contributed by atoms with Crippen LogP contribution in [0.25, 0.3) is 6.08 Å². The summed E-state index contributed by atoms with van der Waals surface area (Å²) in [6, 6.07) is 18.4. The van der Waals surface area contributed by atoms with Crippen molar-refractivity contribution in [3.8, 4) is 0 Å². The van der Waals surface area contributed by atoms with Crippen LogP contribution in [-0.4, -0.2) is 43.4 Å². The van der Waals surface area contributed by atoms with Gasteiger partial charge in [0.1, 0.15) is 0 Å². The molecule has 0 unspecified atom stereocenters. The van der Waals surface area contributed by atoms with Crippen LogP contribution in [0.5, 0.6) is 0 Å². The van der Waals surface area contributed by atoms with Gasteiger partial charge in [-0.15, -0.1) is 0 Å². The summed E-state index contributed by atoms with van der Waals surface area (Å²) in [7, 11) is -3.07.